The van der Waals surface area contributed by atoms with E-state index < -0.39 is 11.7 Å². The first kappa shape index (κ1) is 15.3. The van der Waals surface area contributed by atoms with Gasteiger partial charge in [-0.05, 0) is 92.4 Å². The standard InChI is InChI=1S/C19H24F3N/c20-19(21,22)16-1-3-17(4-2-16)23-6-5-18-14-8-12-7-13(10-14)11-15(18)9-12/h1-4,12-15,18,23H,5-11H2. The number of alkyl halides is 3. The molecule has 0 saturated heterocycles. The number of anilines is 1. The number of hydrogen-bond acceptors (Lipinski definition) is 1. The topological polar surface area (TPSA) is 12.0 Å². The molecule has 0 atom stereocenters. The summed E-state index contributed by atoms with van der Waals surface area (Å²) in [6.07, 6.45) is 4.10. The third kappa shape index (κ3) is 3.09. The summed E-state index contributed by atoms with van der Waals surface area (Å²) in [5, 5.41) is 3.31. The molecule has 4 aliphatic carbocycles. The lowest BCUT2D eigenvalue weighted by Gasteiger charge is -2.54. The number of hydrogen-bond donors (Lipinski definition) is 1. The molecule has 0 amide bonds. The van der Waals surface area contributed by atoms with Crippen molar-refractivity contribution in [3.8, 4) is 0 Å². The van der Waals surface area contributed by atoms with Crippen LogP contribution in [0.2, 0.25) is 0 Å². The lowest BCUT2D eigenvalue weighted by molar-refractivity contribution is -0.137. The van der Waals surface area contributed by atoms with Crippen LogP contribution in [0.4, 0.5) is 18.9 Å². The van der Waals surface area contributed by atoms with Gasteiger partial charge in [-0.25, -0.2) is 0 Å². The van der Waals surface area contributed by atoms with Crippen LogP contribution in [-0.4, -0.2) is 6.54 Å². The molecule has 4 saturated carbocycles. The lowest BCUT2D eigenvalue weighted by atomic mass is 9.51. The number of nitrogens with one attached hydrogen (secondary N) is 1. The van der Waals surface area contributed by atoms with Crippen molar-refractivity contribution in [1.82, 2.24) is 0 Å². The van der Waals surface area contributed by atoms with E-state index >= 15 is 0 Å². The molecule has 1 N–H and O–H groups in total. The van der Waals surface area contributed by atoms with Crippen molar-refractivity contribution >= 4 is 5.69 Å². The van der Waals surface area contributed by atoms with Crippen molar-refractivity contribution in [2.45, 2.75) is 44.7 Å². The van der Waals surface area contributed by atoms with Gasteiger partial charge < -0.3 is 5.32 Å². The fraction of sp³-hybridized carbons (Fsp3) is 0.684. The van der Waals surface area contributed by atoms with Crippen LogP contribution >= 0.6 is 0 Å². The van der Waals surface area contributed by atoms with Crippen molar-refractivity contribution in [2.24, 2.45) is 29.6 Å². The van der Waals surface area contributed by atoms with Gasteiger partial charge in [0.15, 0.2) is 0 Å². The van der Waals surface area contributed by atoms with Crippen LogP contribution in [0.25, 0.3) is 0 Å². The molecule has 4 aliphatic rings. The van der Waals surface area contributed by atoms with Gasteiger partial charge in [-0.3, -0.25) is 0 Å². The minimum absolute atomic E-state index is 0.580. The summed E-state index contributed by atoms with van der Waals surface area (Å²) in [7, 11) is 0. The quantitative estimate of drug-likeness (QED) is 0.762. The average molecular weight is 323 g/mol. The fourth-order valence-electron chi connectivity index (χ4n) is 5.67. The largest absolute Gasteiger partial charge is 0.416 e. The molecule has 0 radical (unpaired) electrons. The van der Waals surface area contributed by atoms with Crippen LogP contribution in [0.15, 0.2) is 24.3 Å². The second-order valence-electron chi connectivity index (χ2n) is 7.89. The Bertz CT molecular complexity index is 521. The molecule has 0 heterocycles. The van der Waals surface area contributed by atoms with Gasteiger partial charge in [0.05, 0.1) is 5.56 Å². The van der Waals surface area contributed by atoms with E-state index in [9.17, 15) is 13.2 Å². The molecule has 0 unspecified atom stereocenters. The van der Waals surface area contributed by atoms with Gasteiger partial charge in [0.25, 0.3) is 0 Å². The highest BCUT2D eigenvalue weighted by molar-refractivity contribution is 5.45. The minimum Gasteiger partial charge on any atom is -0.385 e. The van der Waals surface area contributed by atoms with Crippen molar-refractivity contribution in [1.29, 1.82) is 0 Å². The molecule has 4 bridgehead atoms. The number of rotatable bonds is 4. The van der Waals surface area contributed by atoms with Crippen LogP contribution < -0.4 is 5.32 Å². The molecular formula is C19H24F3N. The van der Waals surface area contributed by atoms with E-state index in [1.165, 1.54) is 32.1 Å². The summed E-state index contributed by atoms with van der Waals surface area (Å²) in [5.74, 6) is 4.67. The third-order valence-corrected chi connectivity index (χ3v) is 6.44. The normalized spacial score (nSPS) is 35.5. The van der Waals surface area contributed by atoms with E-state index in [1.807, 2.05) is 0 Å². The molecule has 1 aromatic carbocycles. The van der Waals surface area contributed by atoms with E-state index in [-0.39, 0.29) is 0 Å². The van der Waals surface area contributed by atoms with Gasteiger partial charge >= 0.3 is 6.18 Å². The zero-order valence-electron chi connectivity index (χ0n) is 13.3. The maximum Gasteiger partial charge on any atom is 0.416 e. The monoisotopic (exact) mass is 323 g/mol. The molecule has 0 spiro atoms. The SMILES string of the molecule is FC(F)(F)c1ccc(NCCC2C3CC4CC(C3)CC2C4)cc1. The highest BCUT2D eigenvalue weighted by Crippen LogP contribution is 2.57. The maximum absolute atomic E-state index is 12.6. The highest BCUT2D eigenvalue weighted by atomic mass is 19.4. The Morgan fingerprint density at radius 3 is 1.96 bits per heavy atom. The maximum atomic E-state index is 12.6. The number of benzene rings is 1. The van der Waals surface area contributed by atoms with Crippen LogP contribution in [0.3, 0.4) is 0 Å². The van der Waals surface area contributed by atoms with Crippen LogP contribution in [0.5, 0.6) is 0 Å². The average Bonchev–Trinajstić information content (AvgIpc) is 2.49. The van der Waals surface area contributed by atoms with E-state index in [4.69, 9.17) is 0 Å². The minimum atomic E-state index is -4.25. The molecular weight excluding hydrogens is 299 g/mol. The van der Waals surface area contributed by atoms with Crippen molar-refractivity contribution in [3.63, 3.8) is 0 Å². The molecule has 0 aromatic heterocycles. The molecule has 1 aromatic rings. The van der Waals surface area contributed by atoms with Crippen molar-refractivity contribution < 1.29 is 13.2 Å². The van der Waals surface area contributed by atoms with E-state index in [1.54, 1.807) is 12.1 Å². The van der Waals surface area contributed by atoms with Gasteiger partial charge in [-0.1, -0.05) is 0 Å². The van der Waals surface area contributed by atoms with Gasteiger partial charge in [-0.15, -0.1) is 0 Å². The molecule has 126 valence electrons. The van der Waals surface area contributed by atoms with Crippen molar-refractivity contribution in [2.75, 3.05) is 11.9 Å². The second kappa shape index (κ2) is 5.71. The first-order valence-corrected chi connectivity index (χ1v) is 8.90. The molecule has 4 fully saturated rings. The van der Waals surface area contributed by atoms with Crippen LogP contribution in [0.1, 0.15) is 44.1 Å². The summed E-state index contributed by atoms with van der Waals surface area (Å²) in [6, 6.07) is 5.40. The molecule has 23 heavy (non-hydrogen) atoms. The zero-order chi connectivity index (χ0) is 16.0. The Labute approximate surface area is 135 Å². The third-order valence-electron chi connectivity index (χ3n) is 6.44. The summed E-state index contributed by atoms with van der Waals surface area (Å²) in [4.78, 5) is 0. The van der Waals surface area contributed by atoms with Gasteiger partial charge in [0.2, 0.25) is 0 Å². The second-order valence-corrected chi connectivity index (χ2v) is 7.89. The Hall–Kier alpha value is -1.19. The predicted molar refractivity (Wildman–Crippen MR) is 85.1 cm³/mol. The Morgan fingerprint density at radius 1 is 0.870 bits per heavy atom. The summed E-state index contributed by atoms with van der Waals surface area (Å²) in [5.41, 5.74) is 0.214. The van der Waals surface area contributed by atoms with Crippen LogP contribution in [-0.2, 0) is 6.18 Å². The van der Waals surface area contributed by atoms with E-state index in [0.717, 1.165) is 60.4 Å². The van der Waals surface area contributed by atoms with Gasteiger partial charge in [-0.2, -0.15) is 13.2 Å². The van der Waals surface area contributed by atoms with Gasteiger partial charge in [0, 0.05) is 12.2 Å². The van der Waals surface area contributed by atoms with E-state index in [2.05, 4.69) is 5.32 Å². The Kier molecular flexibility index (Phi) is 3.81. The van der Waals surface area contributed by atoms with Gasteiger partial charge in [0.1, 0.15) is 0 Å². The molecule has 5 rings (SSSR count). The fourth-order valence-corrected chi connectivity index (χ4v) is 5.67. The van der Waals surface area contributed by atoms with Crippen molar-refractivity contribution in [3.05, 3.63) is 29.8 Å². The first-order valence-electron chi connectivity index (χ1n) is 8.90. The Balaban J connectivity index is 1.30. The summed E-state index contributed by atoms with van der Waals surface area (Å²) < 4.78 is 37.7. The summed E-state index contributed by atoms with van der Waals surface area (Å²) in [6.45, 7) is 0.873. The highest BCUT2D eigenvalue weighted by Gasteiger charge is 2.47. The smallest absolute Gasteiger partial charge is 0.385 e. The lowest BCUT2D eigenvalue weighted by Crippen LogP contribution is -2.45. The van der Waals surface area contributed by atoms with E-state index in [0.29, 0.717) is 0 Å². The predicted octanol–water partition coefficient (Wildman–Crippen LogP) is 5.58. The molecule has 1 nitrogen and oxygen atoms in total. The zero-order valence-corrected chi connectivity index (χ0v) is 13.3. The Morgan fingerprint density at radius 2 is 1.43 bits per heavy atom. The number of halogens is 3. The molecule has 0 aliphatic heterocycles. The first-order chi connectivity index (χ1) is 11.0. The molecule has 4 heteroatoms. The van der Waals surface area contributed by atoms with Crippen LogP contribution in [0, 0.1) is 29.6 Å². The summed E-state index contributed by atoms with van der Waals surface area (Å²) >= 11 is 0.